The van der Waals surface area contributed by atoms with E-state index in [0.717, 1.165) is 0 Å². The fraction of sp³-hybridized carbons (Fsp3) is 1.00. The fourth-order valence-corrected chi connectivity index (χ4v) is 3.03. The first kappa shape index (κ1) is 9.65. The molecule has 0 aromatic carbocycles. The van der Waals surface area contributed by atoms with E-state index in [0.29, 0.717) is 11.5 Å². The third-order valence-electron chi connectivity index (χ3n) is 0.655. The second-order valence-electron chi connectivity index (χ2n) is 1.62. The molecule has 0 aromatic rings. The van der Waals surface area contributed by atoms with E-state index in [4.69, 9.17) is 0 Å². The molecule has 0 saturated carbocycles. The van der Waals surface area contributed by atoms with Gasteiger partial charge in [-0.05, 0) is 6.26 Å². The molecule has 0 bridgehead atoms. The zero-order chi connectivity index (χ0) is 7.33. The van der Waals surface area contributed by atoms with Crippen LogP contribution in [0, 0.1) is 0 Å². The van der Waals surface area contributed by atoms with Gasteiger partial charge in [0.1, 0.15) is 9.84 Å². The van der Waals surface area contributed by atoms with Crippen molar-refractivity contribution in [2.45, 2.75) is 0 Å². The third kappa shape index (κ3) is 8.65. The molecule has 0 spiro atoms. The van der Waals surface area contributed by atoms with E-state index in [1.54, 1.807) is 21.6 Å². The van der Waals surface area contributed by atoms with Gasteiger partial charge in [-0.25, -0.2) is 8.42 Å². The van der Waals surface area contributed by atoms with Gasteiger partial charge in [-0.15, -0.1) is 0 Å². The third-order valence-corrected chi connectivity index (χ3v) is 3.67. The van der Waals surface area contributed by atoms with Gasteiger partial charge < -0.3 is 0 Å². The summed E-state index contributed by atoms with van der Waals surface area (Å²) in [5, 5.41) is 0. The number of sulfone groups is 1. The molecule has 0 aromatic heterocycles. The Labute approximate surface area is 64.1 Å². The van der Waals surface area contributed by atoms with Crippen molar-refractivity contribution < 1.29 is 8.42 Å². The van der Waals surface area contributed by atoms with Crippen molar-refractivity contribution in [1.29, 1.82) is 0 Å². The number of hydrogen-bond donors (Lipinski definition) is 0. The summed E-state index contributed by atoms with van der Waals surface area (Å²) in [5.74, 6) is 0.985. The van der Waals surface area contributed by atoms with Gasteiger partial charge in [-0.3, -0.25) is 0 Å². The zero-order valence-electron chi connectivity index (χ0n) is 5.46. The molecule has 0 heterocycles. The van der Waals surface area contributed by atoms with Gasteiger partial charge in [0.2, 0.25) is 0 Å². The van der Waals surface area contributed by atoms with Crippen LogP contribution < -0.4 is 0 Å². The summed E-state index contributed by atoms with van der Waals surface area (Å²) in [5.41, 5.74) is 0. The molecule has 0 rings (SSSR count). The van der Waals surface area contributed by atoms with Gasteiger partial charge in [0, 0.05) is 12.0 Å². The molecule has 0 saturated heterocycles. The topological polar surface area (TPSA) is 34.1 Å². The molecule has 0 aliphatic carbocycles. The maximum absolute atomic E-state index is 10.5. The number of hydrogen-bond acceptors (Lipinski definition) is 4. The second-order valence-corrected chi connectivity index (χ2v) is 6.56. The van der Waals surface area contributed by atoms with Crippen LogP contribution in [0.15, 0.2) is 0 Å². The van der Waals surface area contributed by atoms with Crippen molar-refractivity contribution in [1.82, 2.24) is 0 Å². The molecule has 0 atom stereocenters. The summed E-state index contributed by atoms with van der Waals surface area (Å²) in [4.78, 5) is 0. The Hall–Kier alpha value is 0.650. The SMILES string of the molecule is CSSCCS(C)(=O)=O. The highest BCUT2D eigenvalue weighted by Crippen LogP contribution is 2.16. The predicted octanol–water partition coefficient (Wildman–Crippen LogP) is 1.04. The molecule has 0 aliphatic heterocycles. The van der Waals surface area contributed by atoms with Crippen LogP contribution in [0.4, 0.5) is 0 Å². The van der Waals surface area contributed by atoms with Crippen LogP contribution in [0.25, 0.3) is 0 Å². The van der Waals surface area contributed by atoms with Gasteiger partial charge in [-0.2, -0.15) is 0 Å². The first-order valence-corrected chi connectivity index (χ1v) is 7.18. The maximum atomic E-state index is 10.5. The Bertz CT molecular complexity index is 149. The Balaban J connectivity index is 3.30. The van der Waals surface area contributed by atoms with E-state index in [9.17, 15) is 8.42 Å². The van der Waals surface area contributed by atoms with E-state index in [1.165, 1.54) is 6.26 Å². The standard InChI is InChI=1S/C4H10O2S3/c1-7-8-3-4-9(2,5)6/h3-4H2,1-2H3. The van der Waals surface area contributed by atoms with Crippen LogP contribution >= 0.6 is 21.6 Å². The maximum Gasteiger partial charge on any atom is 0.148 e. The Morgan fingerprint density at radius 1 is 1.44 bits per heavy atom. The minimum atomic E-state index is -2.73. The highest BCUT2D eigenvalue weighted by atomic mass is 33.1. The summed E-state index contributed by atoms with van der Waals surface area (Å²) >= 11 is 0. The molecule has 0 amide bonds. The fourth-order valence-electron chi connectivity index (χ4n) is 0.269. The minimum absolute atomic E-state index is 0.290. The second kappa shape index (κ2) is 4.46. The normalized spacial score (nSPS) is 11.8. The smallest absolute Gasteiger partial charge is 0.148 e. The van der Waals surface area contributed by atoms with Crippen molar-refractivity contribution in [3.05, 3.63) is 0 Å². The van der Waals surface area contributed by atoms with Crippen molar-refractivity contribution >= 4 is 31.4 Å². The lowest BCUT2D eigenvalue weighted by Crippen LogP contribution is -2.04. The lowest BCUT2D eigenvalue weighted by Gasteiger charge is -1.93. The molecule has 2 nitrogen and oxygen atoms in total. The predicted molar refractivity (Wildman–Crippen MR) is 45.7 cm³/mol. The lowest BCUT2D eigenvalue weighted by molar-refractivity contribution is 0.603. The Kier molecular flexibility index (Phi) is 4.79. The van der Waals surface area contributed by atoms with E-state index in [1.807, 2.05) is 6.26 Å². The van der Waals surface area contributed by atoms with Crippen LogP contribution in [-0.2, 0) is 9.84 Å². The van der Waals surface area contributed by atoms with E-state index in [2.05, 4.69) is 0 Å². The first-order chi connectivity index (χ1) is 4.06. The van der Waals surface area contributed by atoms with Crippen molar-refractivity contribution in [3.8, 4) is 0 Å². The van der Waals surface area contributed by atoms with Crippen molar-refractivity contribution in [2.24, 2.45) is 0 Å². The quantitative estimate of drug-likeness (QED) is 0.485. The van der Waals surface area contributed by atoms with Crippen LogP contribution in [-0.4, -0.2) is 32.4 Å². The summed E-state index contributed by atoms with van der Waals surface area (Å²) in [6.45, 7) is 0. The molecule has 56 valence electrons. The van der Waals surface area contributed by atoms with Crippen LogP contribution in [0.1, 0.15) is 0 Å². The van der Waals surface area contributed by atoms with E-state index < -0.39 is 9.84 Å². The van der Waals surface area contributed by atoms with Gasteiger partial charge in [0.05, 0.1) is 5.75 Å². The van der Waals surface area contributed by atoms with Crippen molar-refractivity contribution in [2.75, 3.05) is 24.0 Å². The first-order valence-electron chi connectivity index (χ1n) is 2.39. The molecule has 0 aliphatic rings. The minimum Gasteiger partial charge on any atom is -0.229 e. The molecule has 5 heteroatoms. The van der Waals surface area contributed by atoms with E-state index >= 15 is 0 Å². The lowest BCUT2D eigenvalue weighted by atomic mass is 11.0. The highest BCUT2D eigenvalue weighted by molar-refractivity contribution is 8.76. The molecular weight excluding hydrogens is 176 g/mol. The molecule has 0 radical (unpaired) electrons. The Morgan fingerprint density at radius 2 is 2.00 bits per heavy atom. The van der Waals surface area contributed by atoms with Gasteiger partial charge in [0.25, 0.3) is 0 Å². The van der Waals surface area contributed by atoms with Crippen LogP contribution in [0.3, 0.4) is 0 Å². The van der Waals surface area contributed by atoms with Crippen LogP contribution in [0.2, 0.25) is 0 Å². The molecular formula is C4H10O2S3. The molecule has 0 unspecified atom stereocenters. The van der Waals surface area contributed by atoms with Crippen molar-refractivity contribution in [3.63, 3.8) is 0 Å². The summed E-state index contributed by atoms with van der Waals surface area (Å²) in [6.07, 6.45) is 3.20. The zero-order valence-corrected chi connectivity index (χ0v) is 7.90. The highest BCUT2D eigenvalue weighted by Gasteiger charge is 1.99. The largest absolute Gasteiger partial charge is 0.229 e. The van der Waals surface area contributed by atoms with Gasteiger partial charge in [-0.1, -0.05) is 21.6 Å². The van der Waals surface area contributed by atoms with Crippen LogP contribution in [0.5, 0.6) is 0 Å². The van der Waals surface area contributed by atoms with E-state index in [-0.39, 0.29) is 0 Å². The molecule has 0 N–H and O–H groups in total. The average molecular weight is 186 g/mol. The molecule has 9 heavy (non-hydrogen) atoms. The Morgan fingerprint density at radius 3 is 2.33 bits per heavy atom. The van der Waals surface area contributed by atoms with Gasteiger partial charge >= 0.3 is 0 Å². The molecule has 0 fully saturated rings. The number of rotatable bonds is 4. The van der Waals surface area contributed by atoms with Gasteiger partial charge in [0.15, 0.2) is 0 Å². The summed E-state index contributed by atoms with van der Waals surface area (Å²) in [6, 6.07) is 0. The average Bonchev–Trinajstić information content (AvgIpc) is 1.63. The summed E-state index contributed by atoms with van der Waals surface area (Å²) < 4.78 is 21.0. The summed E-state index contributed by atoms with van der Waals surface area (Å²) in [7, 11) is 0.436. The monoisotopic (exact) mass is 186 g/mol.